The average molecular weight is 345 g/mol. The molecule has 1 rings (SSSR count). The molecule has 0 bridgehead atoms. The molecule has 25 heavy (non-hydrogen) atoms. The van der Waals surface area contributed by atoms with Crippen LogP contribution in [0.1, 0.15) is 89.5 Å². The second-order valence-corrected chi connectivity index (χ2v) is 7.18. The second kappa shape index (κ2) is 18.8. The number of allylic oxidation sites excluding steroid dienone is 12. The third-order valence-corrected chi connectivity index (χ3v) is 2.71. The van der Waals surface area contributed by atoms with Crippen molar-refractivity contribution in [1.82, 2.24) is 0 Å². The van der Waals surface area contributed by atoms with Crippen LogP contribution in [0.5, 0.6) is 0 Å². The van der Waals surface area contributed by atoms with Gasteiger partial charge in [-0.25, -0.2) is 0 Å². The fraction of sp³-hybridized carbons (Fsp3) is 0.520. The Hall–Kier alpha value is -1.56. The van der Waals surface area contributed by atoms with Gasteiger partial charge < -0.3 is 0 Å². The SMILES string of the molecule is CC.CC(C)=CC=C(C)C.CC(C)=CC=C(C)C.CC1=CC=C(C)C1. The van der Waals surface area contributed by atoms with Gasteiger partial charge in [-0.3, -0.25) is 0 Å². The Labute approximate surface area is 159 Å². The van der Waals surface area contributed by atoms with E-state index in [1.54, 1.807) is 0 Å². The molecule has 0 amide bonds. The van der Waals surface area contributed by atoms with Gasteiger partial charge in [0.1, 0.15) is 0 Å². The van der Waals surface area contributed by atoms with E-state index in [1.165, 1.54) is 39.9 Å². The minimum absolute atomic E-state index is 1.19. The van der Waals surface area contributed by atoms with Gasteiger partial charge in [0, 0.05) is 0 Å². The van der Waals surface area contributed by atoms with Crippen LogP contribution in [0.2, 0.25) is 0 Å². The van der Waals surface area contributed by atoms with Gasteiger partial charge in [0.15, 0.2) is 0 Å². The van der Waals surface area contributed by atoms with Crippen LogP contribution in [0.4, 0.5) is 0 Å². The molecule has 0 aromatic heterocycles. The molecule has 0 aliphatic heterocycles. The van der Waals surface area contributed by atoms with E-state index in [0.717, 1.165) is 0 Å². The second-order valence-electron chi connectivity index (χ2n) is 7.18. The minimum Gasteiger partial charge on any atom is -0.0764 e. The molecule has 0 fully saturated rings. The third-order valence-electron chi connectivity index (χ3n) is 2.71. The molecule has 0 radical (unpaired) electrons. The van der Waals surface area contributed by atoms with Crippen LogP contribution in [0, 0.1) is 0 Å². The van der Waals surface area contributed by atoms with Crippen LogP contribution in [-0.4, -0.2) is 0 Å². The van der Waals surface area contributed by atoms with Crippen molar-refractivity contribution in [3.05, 3.63) is 69.9 Å². The first kappa shape index (κ1) is 28.3. The highest BCUT2D eigenvalue weighted by Gasteiger charge is 1.95. The Bertz CT molecular complexity index is 418. The van der Waals surface area contributed by atoms with Gasteiger partial charge in [-0.2, -0.15) is 0 Å². The van der Waals surface area contributed by atoms with Crippen molar-refractivity contribution in [1.29, 1.82) is 0 Å². The van der Waals surface area contributed by atoms with Gasteiger partial charge in [0.05, 0.1) is 0 Å². The van der Waals surface area contributed by atoms with Crippen molar-refractivity contribution < 1.29 is 0 Å². The molecule has 0 N–H and O–H groups in total. The molecule has 1 aliphatic carbocycles. The Kier molecular flexibility index (Phi) is 21.2. The van der Waals surface area contributed by atoms with E-state index in [9.17, 15) is 0 Å². The highest BCUT2D eigenvalue weighted by atomic mass is 14.0. The Morgan fingerprint density at radius 2 is 0.760 bits per heavy atom. The van der Waals surface area contributed by atoms with Crippen LogP contribution in [0.3, 0.4) is 0 Å². The van der Waals surface area contributed by atoms with E-state index in [-0.39, 0.29) is 0 Å². The summed E-state index contributed by atoms with van der Waals surface area (Å²) in [7, 11) is 0. The molecule has 0 unspecified atom stereocenters. The largest absolute Gasteiger partial charge is 0.0764 e. The summed E-state index contributed by atoms with van der Waals surface area (Å²) in [6.45, 7) is 25.1. The van der Waals surface area contributed by atoms with Crippen molar-refractivity contribution in [2.45, 2.75) is 89.5 Å². The van der Waals surface area contributed by atoms with Crippen molar-refractivity contribution in [2.75, 3.05) is 0 Å². The summed E-state index contributed by atoms with van der Waals surface area (Å²) < 4.78 is 0. The maximum atomic E-state index is 2.18. The van der Waals surface area contributed by atoms with Crippen molar-refractivity contribution >= 4 is 0 Å². The van der Waals surface area contributed by atoms with Gasteiger partial charge in [-0.05, 0) is 75.7 Å². The zero-order valence-corrected chi connectivity index (χ0v) is 19.2. The van der Waals surface area contributed by atoms with Crippen LogP contribution in [0.25, 0.3) is 0 Å². The Morgan fingerprint density at radius 1 is 0.560 bits per heavy atom. The van der Waals surface area contributed by atoms with Crippen LogP contribution in [0.15, 0.2) is 69.9 Å². The van der Waals surface area contributed by atoms with Crippen LogP contribution >= 0.6 is 0 Å². The van der Waals surface area contributed by atoms with E-state index in [1.807, 2.05) is 13.8 Å². The summed E-state index contributed by atoms with van der Waals surface area (Å²) in [5.74, 6) is 0. The summed E-state index contributed by atoms with van der Waals surface area (Å²) in [4.78, 5) is 0. The molecule has 0 saturated heterocycles. The lowest BCUT2D eigenvalue weighted by molar-refractivity contribution is 1.15. The maximum Gasteiger partial charge on any atom is -0.0108 e. The predicted octanol–water partition coefficient (Wildman–Crippen LogP) is 9.15. The van der Waals surface area contributed by atoms with E-state index >= 15 is 0 Å². The molecule has 0 spiro atoms. The quantitative estimate of drug-likeness (QED) is 0.438. The molecule has 0 aromatic rings. The zero-order valence-electron chi connectivity index (χ0n) is 19.2. The van der Waals surface area contributed by atoms with E-state index < -0.39 is 0 Å². The van der Waals surface area contributed by atoms with E-state index in [4.69, 9.17) is 0 Å². The lowest BCUT2D eigenvalue weighted by Gasteiger charge is -1.87. The fourth-order valence-corrected chi connectivity index (χ4v) is 1.51. The molecule has 0 saturated carbocycles. The molecular formula is C25H44. The average Bonchev–Trinajstić information content (AvgIpc) is 2.90. The predicted molar refractivity (Wildman–Crippen MR) is 121 cm³/mol. The summed E-state index contributed by atoms with van der Waals surface area (Å²) in [5.41, 5.74) is 8.38. The first-order valence-corrected chi connectivity index (χ1v) is 9.44. The summed E-state index contributed by atoms with van der Waals surface area (Å²) in [6.07, 6.45) is 14.0. The minimum atomic E-state index is 1.19. The number of rotatable bonds is 2. The Balaban J connectivity index is -0.000000276. The Morgan fingerprint density at radius 3 is 0.840 bits per heavy atom. The highest BCUT2D eigenvalue weighted by Crippen LogP contribution is 2.16. The van der Waals surface area contributed by atoms with Crippen molar-refractivity contribution in [3.8, 4) is 0 Å². The topological polar surface area (TPSA) is 0 Å². The molecule has 0 atom stereocenters. The fourth-order valence-electron chi connectivity index (χ4n) is 1.51. The first-order valence-electron chi connectivity index (χ1n) is 9.44. The van der Waals surface area contributed by atoms with Crippen molar-refractivity contribution in [3.63, 3.8) is 0 Å². The monoisotopic (exact) mass is 344 g/mol. The van der Waals surface area contributed by atoms with Crippen molar-refractivity contribution in [2.24, 2.45) is 0 Å². The third kappa shape index (κ3) is 30.8. The van der Waals surface area contributed by atoms with Crippen LogP contribution < -0.4 is 0 Å². The molecule has 144 valence electrons. The highest BCUT2D eigenvalue weighted by molar-refractivity contribution is 5.27. The summed E-state index contributed by atoms with van der Waals surface area (Å²) in [6, 6.07) is 0. The van der Waals surface area contributed by atoms with Gasteiger partial charge in [0.25, 0.3) is 0 Å². The summed E-state index contributed by atoms with van der Waals surface area (Å²) in [5, 5.41) is 0. The van der Waals surface area contributed by atoms with E-state index in [0.29, 0.717) is 0 Å². The molecular weight excluding hydrogens is 300 g/mol. The number of hydrogen-bond acceptors (Lipinski definition) is 0. The first-order chi connectivity index (χ1) is 11.5. The molecule has 0 heterocycles. The normalized spacial score (nSPS) is 10.7. The van der Waals surface area contributed by atoms with Gasteiger partial charge in [0.2, 0.25) is 0 Å². The summed E-state index contributed by atoms with van der Waals surface area (Å²) >= 11 is 0. The lowest BCUT2D eigenvalue weighted by atomic mass is 10.2. The lowest BCUT2D eigenvalue weighted by Crippen LogP contribution is -1.67. The smallest absolute Gasteiger partial charge is 0.0108 e. The molecule has 0 aromatic carbocycles. The zero-order chi connectivity index (χ0) is 20.4. The number of hydrogen-bond donors (Lipinski definition) is 0. The standard InChI is InChI=1S/2C8H14.C7H10.C2H6/c2*1-7(2)5-6-8(3)4;1-6-3-4-7(2)5-6;1-2/h2*5-6H,1-4H3;3-4H,5H2,1-2H3;1-2H3. The van der Waals surface area contributed by atoms with Gasteiger partial charge in [-0.15, -0.1) is 0 Å². The molecule has 0 heteroatoms. The van der Waals surface area contributed by atoms with Gasteiger partial charge in [-0.1, -0.05) is 83.7 Å². The molecule has 1 aliphatic rings. The molecule has 0 nitrogen and oxygen atoms in total. The maximum absolute atomic E-state index is 2.18. The van der Waals surface area contributed by atoms with E-state index in [2.05, 4.69) is 106 Å². The van der Waals surface area contributed by atoms with Gasteiger partial charge >= 0.3 is 0 Å². The van der Waals surface area contributed by atoms with Crippen LogP contribution in [-0.2, 0) is 0 Å².